The quantitative estimate of drug-likeness (QED) is 0.580. The smallest absolute Gasteiger partial charge is 0.158 e. The van der Waals surface area contributed by atoms with Crippen LogP contribution in [-0.2, 0) is 0 Å². The summed E-state index contributed by atoms with van der Waals surface area (Å²) in [6, 6.07) is 0. The van der Waals surface area contributed by atoms with E-state index >= 15 is 0 Å². The van der Waals surface area contributed by atoms with Gasteiger partial charge in [-0.05, 0) is 12.8 Å². The van der Waals surface area contributed by atoms with Crippen LogP contribution in [0.3, 0.4) is 0 Å². The van der Waals surface area contributed by atoms with Crippen LogP contribution >= 0.6 is 0 Å². The van der Waals surface area contributed by atoms with Gasteiger partial charge in [-0.25, -0.2) is 0 Å². The van der Waals surface area contributed by atoms with E-state index in [1.54, 1.807) is 0 Å². The van der Waals surface area contributed by atoms with Crippen LogP contribution in [0.15, 0.2) is 11.5 Å². The van der Waals surface area contributed by atoms with Crippen LogP contribution in [0.2, 0.25) is 0 Å². The first-order valence-electron chi connectivity index (χ1n) is 6.01. The minimum absolute atomic E-state index is 0.0249. The topological polar surface area (TPSA) is 60.7 Å². The molecule has 0 saturated heterocycles. The van der Waals surface area contributed by atoms with Gasteiger partial charge in [0, 0.05) is 6.42 Å². The number of aliphatic hydroxyl groups excluding tert-OH is 3. The van der Waals surface area contributed by atoms with Crippen molar-refractivity contribution in [2.24, 2.45) is 0 Å². The summed E-state index contributed by atoms with van der Waals surface area (Å²) in [7, 11) is 0. The molecule has 3 heteroatoms. The van der Waals surface area contributed by atoms with Crippen LogP contribution in [0.25, 0.3) is 0 Å². The van der Waals surface area contributed by atoms with Crippen LogP contribution in [0.1, 0.15) is 57.8 Å². The lowest BCUT2D eigenvalue weighted by atomic mass is 10.0. The van der Waals surface area contributed by atoms with Crippen molar-refractivity contribution < 1.29 is 15.3 Å². The van der Waals surface area contributed by atoms with Crippen molar-refractivity contribution in [1.29, 1.82) is 0 Å². The van der Waals surface area contributed by atoms with Crippen LogP contribution < -0.4 is 0 Å². The number of hydrogen-bond donors (Lipinski definition) is 3. The van der Waals surface area contributed by atoms with Crippen molar-refractivity contribution in [2.75, 3.05) is 0 Å². The highest BCUT2D eigenvalue weighted by Crippen LogP contribution is 2.19. The summed E-state index contributed by atoms with van der Waals surface area (Å²) in [5, 5.41) is 28.6. The highest BCUT2D eigenvalue weighted by atomic mass is 16.3. The van der Waals surface area contributed by atoms with E-state index in [0.29, 0.717) is 12.8 Å². The van der Waals surface area contributed by atoms with Gasteiger partial charge < -0.3 is 15.3 Å². The molecule has 0 heterocycles. The minimum atomic E-state index is -0.871. The van der Waals surface area contributed by atoms with Gasteiger partial charge in [-0.3, -0.25) is 0 Å². The molecule has 1 unspecified atom stereocenters. The predicted octanol–water partition coefficient (Wildman–Crippen LogP) is 3.20. The second-order valence-electron chi connectivity index (χ2n) is 4.36. The minimum Gasteiger partial charge on any atom is -0.509 e. The summed E-state index contributed by atoms with van der Waals surface area (Å²) in [6.07, 6.45) is 7.83. The van der Waals surface area contributed by atoms with Gasteiger partial charge in [0.15, 0.2) is 5.76 Å². The lowest BCUT2D eigenvalue weighted by molar-refractivity contribution is 0.126. The van der Waals surface area contributed by atoms with Gasteiger partial charge in [-0.15, -0.1) is 0 Å². The van der Waals surface area contributed by atoms with E-state index in [1.807, 2.05) is 0 Å². The first-order chi connectivity index (χ1) is 7.22. The van der Waals surface area contributed by atoms with Crippen molar-refractivity contribution >= 4 is 0 Å². The normalized spacial score (nSPS) is 31.7. The predicted molar refractivity (Wildman–Crippen MR) is 59.8 cm³/mol. The van der Waals surface area contributed by atoms with E-state index in [9.17, 15) is 15.3 Å². The van der Waals surface area contributed by atoms with Crippen LogP contribution in [0.4, 0.5) is 0 Å². The summed E-state index contributed by atoms with van der Waals surface area (Å²) in [4.78, 5) is 0. The maximum absolute atomic E-state index is 9.56. The second kappa shape index (κ2) is 6.72. The molecule has 0 aromatic carbocycles. The molecule has 0 saturated carbocycles. The molecule has 0 radical (unpaired) electrons. The summed E-state index contributed by atoms with van der Waals surface area (Å²) in [5.41, 5.74) is 0. The Morgan fingerprint density at radius 1 is 0.800 bits per heavy atom. The fourth-order valence-electron chi connectivity index (χ4n) is 1.97. The Hall–Kier alpha value is -0.700. The summed E-state index contributed by atoms with van der Waals surface area (Å²) in [5.74, 6) is -0.237. The molecule has 0 spiro atoms. The molecule has 0 amide bonds. The first-order valence-corrected chi connectivity index (χ1v) is 6.01. The average molecular weight is 214 g/mol. The molecule has 3 nitrogen and oxygen atoms in total. The maximum atomic E-state index is 9.56. The standard InChI is InChI=1S/C12H22O3/c13-10-8-6-4-2-1-3-5-7-9-11(14)12(10)15/h10,13-15H,1-9H2/b12-11-. The molecule has 88 valence electrons. The lowest BCUT2D eigenvalue weighted by Gasteiger charge is -2.13. The summed E-state index contributed by atoms with van der Waals surface area (Å²) in [6.45, 7) is 0. The summed E-state index contributed by atoms with van der Waals surface area (Å²) < 4.78 is 0. The van der Waals surface area contributed by atoms with E-state index in [2.05, 4.69) is 0 Å². The molecule has 3 N–H and O–H groups in total. The highest BCUT2D eigenvalue weighted by Gasteiger charge is 2.14. The molecule has 15 heavy (non-hydrogen) atoms. The van der Waals surface area contributed by atoms with Gasteiger partial charge in [0.05, 0.1) is 0 Å². The van der Waals surface area contributed by atoms with E-state index in [-0.39, 0.29) is 11.5 Å². The number of aliphatic hydroxyl groups is 3. The van der Waals surface area contributed by atoms with E-state index < -0.39 is 6.10 Å². The molecular weight excluding hydrogens is 192 g/mol. The zero-order valence-electron chi connectivity index (χ0n) is 9.28. The number of rotatable bonds is 0. The molecule has 1 aliphatic carbocycles. The fourth-order valence-corrected chi connectivity index (χ4v) is 1.97. The maximum Gasteiger partial charge on any atom is 0.158 e. The van der Waals surface area contributed by atoms with Crippen LogP contribution in [0.5, 0.6) is 0 Å². The molecule has 0 aromatic heterocycles. The van der Waals surface area contributed by atoms with Crippen molar-refractivity contribution in [3.8, 4) is 0 Å². The second-order valence-corrected chi connectivity index (χ2v) is 4.36. The lowest BCUT2D eigenvalue weighted by Crippen LogP contribution is -2.12. The van der Waals surface area contributed by atoms with Crippen molar-refractivity contribution in [3.05, 3.63) is 11.5 Å². The molecule has 0 aliphatic heterocycles. The third-order valence-electron chi connectivity index (χ3n) is 3.00. The molecular formula is C12H22O3. The largest absolute Gasteiger partial charge is 0.509 e. The zero-order chi connectivity index (χ0) is 11.1. The Morgan fingerprint density at radius 2 is 1.33 bits per heavy atom. The van der Waals surface area contributed by atoms with Gasteiger partial charge in [-0.2, -0.15) is 0 Å². The van der Waals surface area contributed by atoms with Crippen LogP contribution in [0, 0.1) is 0 Å². The van der Waals surface area contributed by atoms with Gasteiger partial charge in [0.1, 0.15) is 11.9 Å². The Labute approximate surface area is 91.4 Å². The van der Waals surface area contributed by atoms with Gasteiger partial charge >= 0.3 is 0 Å². The van der Waals surface area contributed by atoms with Gasteiger partial charge in [-0.1, -0.05) is 38.5 Å². The molecule has 1 atom stereocenters. The van der Waals surface area contributed by atoms with E-state index in [4.69, 9.17) is 0 Å². The van der Waals surface area contributed by atoms with Crippen molar-refractivity contribution in [1.82, 2.24) is 0 Å². The first kappa shape index (κ1) is 12.4. The highest BCUT2D eigenvalue weighted by molar-refractivity contribution is 5.03. The number of allylic oxidation sites excluding steroid dienone is 1. The van der Waals surface area contributed by atoms with E-state index in [1.165, 1.54) is 19.3 Å². The fraction of sp³-hybridized carbons (Fsp3) is 0.833. The van der Waals surface area contributed by atoms with Crippen molar-refractivity contribution in [2.45, 2.75) is 63.9 Å². The van der Waals surface area contributed by atoms with Crippen LogP contribution in [-0.4, -0.2) is 21.4 Å². The Balaban J connectivity index is 2.52. The third kappa shape index (κ3) is 4.56. The molecule has 0 aromatic rings. The zero-order valence-corrected chi connectivity index (χ0v) is 9.28. The Kier molecular flexibility index (Phi) is 5.54. The third-order valence-corrected chi connectivity index (χ3v) is 3.00. The SMILES string of the molecule is O/C1=C(\O)C(O)CCCCCCCCC1. The van der Waals surface area contributed by atoms with Gasteiger partial charge in [0.25, 0.3) is 0 Å². The molecule has 1 aliphatic rings. The average Bonchev–Trinajstić information content (AvgIpc) is 2.23. The molecule has 1 rings (SSSR count). The molecule has 0 fully saturated rings. The number of hydrogen-bond acceptors (Lipinski definition) is 3. The Bertz CT molecular complexity index is 211. The van der Waals surface area contributed by atoms with Crippen molar-refractivity contribution in [3.63, 3.8) is 0 Å². The van der Waals surface area contributed by atoms with E-state index in [0.717, 1.165) is 25.7 Å². The van der Waals surface area contributed by atoms with Gasteiger partial charge in [0.2, 0.25) is 0 Å². The molecule has 0 bridgehead atoms. The Morgan fingerprint density at radius 3 is 2.00 bits per heavy atom. The summed E-state index contributed by atoms with van der Waals surface area (Å²) >= 11 is 0. The monoisotopic (exact) mass is 214 g/mol.